The topological polar surface area (TPSA) is 45.2 Å². The van der Waals surface area contributed by atoms with Crippen molar-refractivity contribution in [3.8, 4) is 0 Å². The smallest absolute Gasteiger partial charge is 0.265 e. The van der Waals surface area contributed by atoms with Crippen LogP contribution >= 0.6 is 11.3 Å². The van der Waals surface area contributed by atoms with Gasteiger partial charge in [-0.25, -0.2) is 4.98 Å². The van der Waals surface area contributed by atoms with Gasteiger partial charge in [-0.05, 0) is 24.3 Å². The number of hydrogen-bond donors (Lipinski definition) is 1. The van der Waals surface area contributed by atoms with Gasteiger partial charge in [0.05, 0.1) is 10.7 Å². The van der Waals surface area contributed by atoms with Crippen LogP contribution in [0.1, 0.15) is 25.9 Å². The number of aryl methyl sites for hydroxylation is 1. The summed E-state index contributed by atoms with van der Waals surface area (Å²) in [5.41, 5.74) is 2.11. The average molecular weight is 327 g/mol. The van der Waals surface area contributed by atoms with E-state index in [-0.39, 0.29) is 5.91 Å². The first-order valence-electron chi connectivity index (χ1n) is 8.21. The quantitative estimate of drug-likeness (QED) is 0.941. The minimum Gasteiger partial charge on any atom is -0.337 e. The Morgan fingerprint density at radius 1 is 1.26 bits per heavy atom. The molecule has 2 fully saturated rings. The Bertz CT molecular complexity index is 700. The second-order valence-electron chi connectivity index (χ2n) is 6.57. The van der Waals surface area contributed by atoms with Crippen LogP contribution in [0.15, 0.2) is 30.3 Å². The summed E-state index contributed by atoms with van der Waals surface area (Å²) < 4.78 is 0. The summed E-state index contributed by atoms with van der Waals surface area (Å²) in [6.45, 7) is 5.84. The Labute approximate surface area is 140 Å². The van der Waals surface area contributed by atoms with Crippen LogP contribution < -0.4 is 5.32 Å². The zero-order valence-electron chi connectivity index (χ0n) is 13.3. The van der Waals surface area contributed by atoms with Crippen LogP contribution in [0.25, 0.3) is 0 Å². The summed E-state index contributed by atoms with van der Waals surface area (Å²) in [6, 6.07) is 10.3. The SMILES string of the molecule is Cc1nc(Cc2ccccc2)sc1C(=O)N1C[C@H]2CNC[C@H]2C1. The van der Waals surface area contributed by atoms with Gasteiger partial charge < -0.3 is 10.2 Å². The molecule has 23 heavy (non-hydrogen) atoms. The molecule has 2 aliphatic heterocycles. The van der Waals surface area contributed by atoms with Crippen LogP contribution in [0.2, 0.25) is 0 Å². The first kappa shape index (κ1) is 14.8. The van der Waals surface area contributed by atoms with E-state index in [4.69, 9.17) is 0 Å². The lowest BCUT2D eigenvalue weighted by molar-refractivity contribution is 0.0785. The maximum atomic E-state index is 12.8. The monoisotopic (exact) mass is 327 g/mol. The Kier molecular flexibility index (Phi) is 3.91. The van der Waals surface area contributed by atoms with Crippen molar-refractivity contribution < 1.29 is 4.79 Å². The molecule has 4 rings (SSSR count). The normalized spacial score (nSPS) is 23.3. The highest BCUT2D eigenvalue weighted by atomic mass is 32.1. The number of benzene rings is 1. The first-order valence-corrected chi connectivity index (χ1v) is 9.02. The highest BCUT2D eigenvalue weighted by molar-refractivity contribution is 7.13. The Morgan fingerprint density at radius 3 is 2.65 bits per heavy atom. The van der Waals surface area contributed by atoms with Crippen LogP contribution in [0.4, 0.5) is 0 Å². The van der Waals surface area contributed by atoms with Crippen molar-refractivity contribution in [1.29, 1.82) is 0 Å². The molecule has 2 aliphatic rings. The molecule has 1 aromatic heterocycles. The van der Waals surface area contributed by atoms with E-state index < -0.39 is 0 Å². The van der Waals surface area contributed by atoms with Gasteiger partial charge in [0.15, 0.2) is 0 Å². The van der Waals surface area contributed by atoms with Crippen LogP contribution in [0.5, 0.6) is 0 Å². The molecule has 2 saturated heterocycles. The van der Waals surface area contributed by atoms with Gasteiger partial charge >= 0.3 is 0 Å². The van der Waals surface area contributed by atoms with Crippen molar-refractivity contribution in [2.45, 2.75) is 13.3 Å². The van der Waals surface area contributed by atoms with Crippen LogP contribution in [0.3, 0.4) is 0 Å². The van der Waals surface area contributed by atoms with Crippen molar-refractivity contribution in [2.24, 2.45) is 11.8 Å². The van der Waals surface area contributed by atoms with E-state index >= 15 is 0 Å². The number of rotatable bonds is 3. The number of thiazole rings is 1. The maximum absolute atomic E-state index is 12.8. The van der Waals surface area contributed by atoms with Gasteiger partial charge in [-0.2, -0.15) is 0 Å². The molecule has 0 spiro atoms. The van der Waals surface area contributed by atoms with E-state index in [2.05, 4.69) is 22.4 Å². The van der Waals surface area contributed by atoms with Crippen molar-refractivity contribution in [2.75, 3.05) is 26.2 Å². The zero-order chi connectivity index (χ0) is 15.8. The lowest BCUT2D eigenvalue weighted by Crippen LogP contribution is -2.31. The zero-order valence-corrected chi connectivity index (χ0v) is 14.1. The summed E-state index contributed by atoms with van der Waals surface area (Å²) >= 11 is 1.56. The van der Waals surface area contributed by atoms with Gasteiger partial charge in [0.25, 0.3) is 5.91 Å². The van der Waals surface area contributed by atoms with E-state index in [9.17, 15) is 4.79 Å². The van der Waals surface area contributed by atoms with Gasteiger partial charge in [-0.1, -0.05) is 30.3 Å². The van der Waals surface area contributed by atoms with E-state index in [1.165, 1.54) is 5.56 Å². The molecule has 3 heterocycles. The fraction of sp³-hybridized carbons (Fsp3) is 0.444. The van der Waals surface area contributed by atoms with E-state index in [1.54, 1.807) is 11.3 Å². The first-order chi connectivity index (χ1) is 11.2. The highest BCUT2D eigenvalue weighted by Gasteiger charge is 2.39. The van der Waals surface area contributed by atoms with Crippen LogP contribution in [0, 0.1) is 18.8 Å². The minimum absolute atomic E-state index is 0.175. The standard InChI is InChI=1S/C18H21N3OS/c1-12-17(18(22)21-10-14-8-19-9-15(14)11-21)23-16(20-12)7-13-5-3-2-4-6-13/h2-6,14-15,19H,7-11H2,1H3/t14-,15+. The van der Waals surface area contributed by atoms with Gasteiger partial charge in [0.2, 0.25) is 0 Å². The molecule has 1 N–H and O–H groups in total. The second kappa shape index (κ2) is 6.06. The molecule has 0 radical (unpaired) electrons. The summed E-state index contributed by atoms with van der Waals surface area (Å²) in [7, 11) is 0. The molecule has 1 aromatic carbocycles. The van der Waals surface area contributed by atoms with Gasteiger partial charge in [-0.15, -0.1) is 11.3 Å². The number of aromatic nitrogens is 1. The summed E-state index contributed by atoms with van der Waals surface area (Å²) in [5, 5.41) is 4.44. The molecule has 120 valence electrons. The highest BCUT2D eigenvalue weighted by Crippen LogP contribution is 2.29. The molecule has 2 atom stereocenters. The number of nitrogens with one attached hydrogen (secondary N) is 1. The molecular formula is C18H21N3OS. The van der Waals surface area contributed by atoms with Gasteiger partial charge in [0.1, 0.15) is 4.88 Å². The van der Waals surface area contributed by atoms with Crippen LogP contribution in [-0.4, -0.2) is 42.0 Å². The predicted octanol–water partition coefficient (Wildman–Crippen LogP) is 2.33. The number of nitrogens with zero attached hydrogens (tertiary/aromatic N) is 2. The second-order valence-corrected chi connectivity index (χ2v) is 7.66. The number of carbonyl (C=O) groups excluding carboxylic acids is 1. The lowest BCUT2D eigenvalue weighted by Gasteiger charge is -2.16. The van der Waals surface area contributed by atoms with E-state index in [0.717, 1.165) is 48.2 Å². The molecule has 0 unspecified atom stereocenters. The van der Waals surface area contributed by atoms with E-state index in [1.807, 2.05) is 30.0 Å². The minimum atomic E-state index is 0.175. The third-order valence-corrected chi connectivity index (χ3v) is 6.06. The van der Waals surface area contributed by atoms with Crippen molar-refractivity contribution >= 4 is 17.2 Å². The fourth-order valence-corrected chi connectivity index (χ4v) is 4.73. The predicted molar refractivity (Wildman–Crippen MR) is 91.9 cm³/mol. The number of hydrogen-bond acceptors (Lipinski definition) is 4. The number of likely N-dealkylation sites (tertiary alicyclic amines) is 1. The number of amides is 1. The lowest BCUT2D eigenvalue weighted by atomic mass is 10.0. The van der Waals surface area contributed by atoms with E-state index in [0.29, 0.717) is 11.8 Å². The summed E-state index contributed by atoms with van der Waals surface area (Å²) in [4.78, 5) is 20.3. The molecular weight excluding hydrogens is 306 g/mol. The molecule has 1 amide bonds. The molecule has 0 saturated carbocycles. The van der Waals surface area contributed by atoms with Crippen molar-refractivity contribution in [1.82, 2.24) is 15.2 Å². The molecule has 2 aromatic rings. The Balaban J connectivity index is 1.50. The fourth-order valence-electron chi connectivity index (χ4n) is 3.66. The van der Waals surface area contributed by atoms with Crippen molar-refractivity contribution in [3.63, 3.8) is 0 Å². The third kappa shape index (κ3) is 2.91. The maximum Gasteiger partial charge on any atom is 0.265 e. The Hall–Kier alpha value is -1.72. The average Bonchev–Trinajstić information content (AvgIpc) is 3.22. The Morgan fingerprint density at radius 2 is 1.96 bits per heavy atom. The van der Waals surface area contributed by atoms with Gasteiger partial charge in [-0.3, -0.25) is 4.79 Å². The number of fused-ring (bicyclic) bond motifs is 1. The molecule has 4 nitrogen and oxygen atoms in total. The third-order valence-electron chi connectivity index (χ3n) is 4.91. The van der Waals surface area contributed by atoms with Crippen LogP contribution in [-0.2, 0) is 6.42 Å². The summed E-state index contributed by atoms with van der Waals surface area (Å²) in [5.74, 6) is 1.45. The number of carbonyl (C=O) groups is 1. The van der Waals surface area contributed by atoms with Gasteiger partial charge in [0, 0.05) is 32.6 Å². The molecule has 5 heteroatoms. The summed E-state index contributed by atoms with van der Waals surface area (Å²) in [6.07, 6.45) is 0.800. The van der Waals surface area contributed by atoms with Crippen molar-refractivity contribution in [3.05, 3.63) is 51.5 Å². The molecule has 0 bridgehead atoms. The largest absolute Gasteiger partial charge is 0.337 e. The molecule has 0 aliphatic carbocycles.